The van der Waals surface area contributed by atoms with Crippen LogP contribution >= 0.6 is 0 Å². The molecule has 0 aromatic carbocycles. The Bertz CT molecular complexity index is 1190. The largest absolute Gasteiger partial charge is 0.471 e. The topological polar surface area (TPSA) is 94.0 Å². The zero-order valence-electron chi connectivity index (χ0n) is 18.2. The van der Waals surface area contributed by atoms with Gasteiger partial charge < -0.3 is 9.64 Å². The Balaban J connectivity index is 1.40. The Morgan fingerprint density at radius 3 is 2.56 bits per heavy atom. The van der Waals surface area contributed by atoms with Crippen molar-refractivity contribution in [3.05, 3.63) is 59.9 Å². The number of hydrogen-bond acceptors (Lipinski definition) is 7. The van der Waals surface area contributed by atoms with Crippen molar-refractivity contribution in [2.45, 2.75) is 44.5 Å². The Hall–Kier alpha value is -3.63. The highest BCUT2D eigenvalue weighted by molar-refractivity contribution is 5.99. The number of alkyl halides is 3. The third-order valence-electron chi connectivity index (χ3n) is 6.21. The van der Waals surface area contributed by atoms with Crippen molar-refractivity contribution in [3.8, 4) is 17.4 Å². The van der Waals surface area contributed by atoms with Crippen LogP contribution in [0.1, 0.15) is 41.0 Å². The molecule has 2 saturated heterocycles. The number of fused-ring (bicyclic) bond motifs is 3. The highest BCUT2D eigenvalue weighted by atomic mass is 19.4. The van der Waals surface area contributed by atoms with Gasteiger partial charge in [-0.15, -0.1) is 0 Å². The third-order valence-corrected chi connectivity index (χ3v) is 6.21. The van der Waals surface area contributed by atoms with Crippen LogP contribution in [0.15, 0.2) is 43.0 Å². The first-order valence-electron chi connectivity index (χ1n) is 10.9. The summed E-state index contributed by atoms with van der Waals surface area (Å²) in [5.74, 6) is 0.394. The average molecular weight is 470 g/mol. The molecule has 8 nitrogen and oxygen atoms in total. The van der Waals surface area contributed by atoms with Crippen LogP contribution in [0, 0.1) is 12.8 Å². The Labute approximate surface area is 193 Å². The molecule has 2 aliphatic heterocycles. The van der Waals surface area contributed by atoms with Crippen LogP contribution in [0.3, 0.4) is 0 Å². The van der Waals surface area contributed by atoms with Gasteiger partial charge >= 0.3 is 6.18 Å². The lowest BCUT2D eigenvalue weighted by molar-refractivity contribution is -0.141. The van der Waals surface area contributed by atoms with E-state index in [1.54, 1.807) is 35.5 Å². The molecule has 0 N–H and O–H groups in total. The number of rotatable bonds is 4. The average Bonchev–Trinajstić information content (AvgIpc) is 2.84. The molecule has 3 aromatic rings. The first-order chi connectivity index (χ1) is 16.3. The molecule has 1 saturated carbocycles. The standard InChI is InChI=1S/C23H21F3N6O2/c1-13-3-5-15(20(31-13)21-27-7-2-8-28-21)22(33)32-12-14-4-6-16(32)17(9-14)34-19-11-29-18(10-30-19)23(24,25)26/h2-3,5,7-8,10-11,14,16-17H,4,6,9,12H2,1H3/t14-,16+,17-/m1/s1. The van der Waals surface area contributed by atoms with Crippen molar-refractivity contribution in [2.75, 3.05) is 6.54 Å². The summed E-state index contributed by atoms with van der Waals surface area (Å²) in [6.45, 7) is 2.41. The molecule has 3 fully saturated rings. The fourth-order valence-corrected chi connectivity index (χ4v) is 4.65. The first kappa shape index (κ1) is 22.2. The molecular formula is C23H21F3N6O2. The number of carbonyl (C=O) groups excluding carboxylic acids is 1. The zero-order valence-corrected chi connectivity index (χ0v) is 18.2. The Kier molecular flexibility index (Phi) is 5.62. The van der Waals surface area contributed by atoms with E-state index in [4.69, 9.17) is 4.74 Å². The molecule has 3 aromatic heterocycles. The van der Waals surface area contributed by atoms with E-state index in [1.165, 1.54) is 0 Å². The number of pyridine rings is 1. The maximum Gasteiger partial charge on any atom is 0.434 e. The van der Waals surface area contributed by atoms with Gasteiger partial charge in [0.25, 0.3) is 5.91 Å². The van der Waals surface area contributed by atoms with E-state index in [2.05, 4.69) is 24.9 Å². The number of aromatic nitrogens is 5. The minimum Gasteiger partial charge on any atom is -0.471 e. The number of nitrogens with zero attached hydrogens (tertiary/aromatic N) is 6. The predicted molar refractivity (Wildman–Crippen MR) is 114 cm³/mol. The smallest absolute Gasteiger partial charge is 0.434 e. The summed E-state index contributed by atoms with van der Waals surface area (Å²) in [7, 11) is 0. The summed E-state index contributed by atoms with van der Waals surface area (Å²) in [5, 5.41) is 0. The monoisotopic (exact) mass is 470 g/mol. The second-order valence-electron chi connectivity index (χ2n) is 8.52. The fraction of sp³-hybridized carbons (Fsp3) is 0.391. The fourth-order valence-electron chi connectivity index (χ4n) is 4.65. The van der Waals surface area contributed by atoms with Gasteiger partial charge in [0.2, 0.25) is 5.88 Å². The van der Waals surface area contributed by atoms with Gasteiger partial charge in [-0.1, -0.05) is 0 Å². The van der Waals surface area contributed by atoms with E-state index in [1.807, 2.05) is 6.92 Å². The maximum absolute atomic E-state index is 13.7. The van der Waals surface area contributed by atoms with Crippen molar-refractivity contribution in [3.63, 3.8) is 0 Å². The number of carbonyl (C=O) groups is 1. The number of ether oxygens (including phenoxy) is 1. The first-order valence-corrected chi connectivity index (χ1v) is 10.9. The molecule has 176 valence electrons. The van der Waals surface area contributed by atoms with E-state index < -0.39 is 18.0 Å². The highest BCUT2D eigenvalue weighted by Gasteiger charge is 2.45. The summed E-state index contributed by atoms with van der Waals surface area (Å²) in [6.07, 6.45) is 2.24. The van der Waals surface area contributed by atoms with Gasteiger partial charge in [-0.3, -0.25) is 4.79 Å². The second kappa shape index (κ2) is 8.62. The molecule has 0 radical (unpaired) electrons. The van der Waals surface area contributed by atoms with Gasteiger partial charge in [-0.25, -0.2) is 24.9 Å². The van der Waals surface area contributed by atoms with Gasteiger partial charge in [0.05, 0.1) is 24.0 Å². The van der Waals surface area contributed by atoms with Crippen LogP contribution in [-0.2, 0) is 6.18 Å². The van der Waals surface area contributed by atoms with Crippen molar-refractivity contribution in [1.82, 2.24) is 29.8 Å². The molecule has 5 heterocycles. The van der Waals surface area contributed by atoms with Gasteiger partial charge in [-0.05, 0) is 50.3 Å². The van der Waals surface area contributed by atoms with E-state index in [0.717, 1.165) is 24.7 Å². The maximum atomic E-state index is 13.7. The second-order valence-corrected chi connectivity index (χ2v) is 8.52. The van der Waals surface area contributed by atoms with Gasteiger partial charge in [0, 0.05) is 24.6 Å². The summed E-state index contributed by atoms with van der Waals surface area (Å²) in [5.41, 5.74) is 0.473. The summed E-state index contributed by atoms with van der Waals surface area (Å²) in [6, 6.07) is 4.95. The van der Waals surface area contributed by atoms with E-state index in [0.29, 0.717) is 36.2 Å². The molecule has 3 aliphatic rings. The summed E-state index contributed by atoms with van der Waals surface area (Å²) in [4.78, 5) is 35.7. The molecule has 1 amide bonds. The highest BCUT2D eigenvalue weighted by Crippen LogP contribution is 2.38. The van der Waals surface area contributed by atoms with Gasteiger partial charge in [-0.2, -0.15) is 13.2 Å². The van der Waals surface area contributed by atoms with Gasteiger partial charge in [0.15, 0.2) is 11.5 Å². The lowest BCUT2D eigenvalue weighted by atomic mass is 9.77. The van der Waals surface area contributed by atoms with E-state index >= 15 is 0 Å². The van der Waals surface area contributed by atoms with E-state index in [-0.39, 0.29) is 23.7 Å². The molecule has 1 aliphatic carbocycles. The number of amides is 1. The van der Waals surface area contributed by atoms with Crippen LogP contribution in [0.4, 0.5) is 13.2 Å². The van der Waals surface area contributed by atoms with Gasteiger partial charge in [0.1, 0.15) is 11.8 Å². The zero-order chi connectivity index (χ0) is 23.9. The minimum absolute atomic E-state index is 0.00771. The number of hydrogen-bond donors (Lipinski definition) is 0. The molecule has 0 spiro atoms. The Morgan fingerprint density at radius 2 is 1.88 bits per heavy atom. The summed E-state index contributed by atoms with van der Waals surface area (Å²) < 4.78 is 44.3. The third kappa shape index (κ3) is 4.29. The lowest BCUT2D eigenvalue weighted by Gasteiger charge is -2.49. The molecule has 6 rings (SSSR count). The van der Waals surface area contributed by atoms with Crippen molar-refractivity contribution < 1.29 is 22.7 Å². The molecule has 34 heavy (non-hydrogen) atoms. The SMILES string of the molecule is Cc1ccc(C(=O)N2C[C@@H]3CC[C@H]2[C@H](Oc2cnc(C(F)(F)F)cn2)C3)c(-c2ncccn2)n1. The summed E-state index contributed by atoms with van der Waals surface area (Å²) >= 11 is 0. The predicted octanol–water partition coefficient (Wildman–Crippen LogP) is 3.73. The van der Waals surface area contributed by atoms with Crippen LogP contribution in [0.5, 0.6) is 5.88 Å². The van der Waals surface area contributed by atoms with Crippen molar-refractivity contribution >= 4 is 5.91 Å². The van der Waals surface area contributed by atoms with Crippen LogP contribution in [0.25, 0.3) is 11.5 Å². The minimum atomic E-state index is -4.57. The molecule has 2 bridgehead atoms. The normalized spacial score (nSPS) is 22.0. The number of piperidine rings is 2. The number of halogens is 3. The Morgan fingerprint density at radius 1 is 1.09 bits per heavy atom. The lowest BCUT2D eigenvalue weighted by Crippen LogP contribution is -2.59. The molecule has 3 atom stereocenters. The van der Waals surface area contributed by atoms with E-state index in [9.17, 15) is 18.0 Å². The van der Waals surface area contributed by atoms with Crippen LogP contribution < -0.4 is 4.74 Å². The van der Waals surface area contributed by atoms with Crippen LogP contribution in [-0.4, -0.2) is 54.4 Å². The quantitative estimate of drug-likeness (QED) is 0.574. The molecule has 11 heteroatoms. The molecular weight excluding hydrogens is 449 g/mol. The van der Waals surface area contributed by atoms with Crippen molar-refractivity contribution in [2.24, 2.45) is 5.92 Å². The number of aryl methyl sites for hydroxylation is 1. The molecule has 0 unspecified atom stereocenters. The van der Waals surface area contributed by atoms with Crippen LogP contribution in [0.2, 0.25) is 0 Å². The van der Waals surface area contributed by atoms with Crippen molar-refractivity contribution in [1.29, 1.82) is 0 Å².